The van der Waals surface area contributed by atoms with Crippen LogP contribution in [0.5, 0.6) is 5.75 Å². The highest BCUT2D eigenvalue weighted by atomic mass is 32.2. The molecular weight excluding hydrogens is 286 g/mol. The molecule has 3 rings (SSSR count). The molecule has 0 saturated heterocycles. The van der Waals surface area contributed by atoms with Crippen LogP contribution in [0.1, 0.15) is 10.6 Å². The molecule has 1 aliphatic rings. The number of aromatic nitrogens is 2. The van der Waals surface area contributed by atoms with Gasteiger partial charge in [0.1, 0.15) is 10.8 Å². The van der Waals surface area contributed by atoms with Crippen LogP contribution in [0, 0.1) is 6.92 Å². The molecule has 0 unspecified atom stereocenters. The van der Waals surface area contributed by atoms with Crippen molar-refractivity contribution in [2.45, 2.75) is 18.2 Å². The van der Waals surface area contributed by atoms with E-state index in [0.29, 0.717) is 11.6 Å². The van der Waals surface area contributed by atoms with Gasteiger partial charge in [-0.1, -0.05) is 11.3 Å². The molecule has 6 nitrogen and oxygen atoms in total. The maximum atomic E-state index is 12.2. The van der Waals surface area contributed by atoms with E-state index in [2.05, 4.69) is 14.9 Å². The van der Waals surface area contributed by atoms with Crippen molar-refractivity contribution in [3.63, 3.8) is 0 Å². The van der Waals surface area contributed by atoms with Gasteiger partial charge in [-0.25, -0.2) is 8.42 Å². The molecule has 1 aliphatic heterocycles. The molecule has 0 saturated carbocycles. The lowest BCUT2D eigenvalue weighted by atomic mass is 10.2. The van der Waals surface area contributed by atoms with Crippen molar-refractivity contribution in [1.29, 1.82) is 0 Å². The van der Waals surface area contributed by atoms with Crippen LogP contribution >= 0.6 is 11.3 Å². The van der Waals surface area contributed by atoms with E-state index in [4.69, 9.17) is 4.74 Å². The summed E-state index contributed by atoms with van der Waals surface area (Å²) in [5.41, 5.74) is 0.913. The Morgan fingerprint density at radius 2 is 2.21 bits per heavy atom. The quantitative estimate of drug-likeness (QED) is 0.930. The van der Waals surface area contributed by atoms with Crippen molar-refractivity contribution in [1.82, 2.24) is 10.2 Å². The Bertz CT molecular complexity index is 725. The van der Waals surface area contributed by atoms with Crippen LogP contribution < -0.4 is 9.46 Å². The first-order valence-corrected chi connectivity index (χ1v) is 7.93. The van der Waals surface area contributed by atoms with Gasteiger partial charge in [-0.15, -0.1) is 10.2 Å². The molecule has 100 valence electrons. The third kappa shape index (κ3) is 2.41. The summed E-state index contributed by atoms with van der Waals surface area (Å²) in [4.78, 5) is 0.213. The van der Waals surface area contributed by atoms with Gasteiger partial charge in [0.15, 0.2) is 0 Å². The van der Waals surface area contributed by atoms with Crippen LogP contribution in [0.2, 0.25) is 0 Å². The van der Waals surface area contributed by atoms with E-state index in [0.717, 1.165) is 17.7 Å². The number of benzene rings is 1. The number of hydrogen-bond donors (Lipinski definition) is 1. The summed E-state index contributed by atoms with van der Waals surface area (Å²) in [6.07, 6.45) is 0.733. The fourth-order valence-corrected chi connectivity index (χ4v) is 3.71. The Kier molecular flexibility index (Phi) is 2.90. The summed E-state index contributed by atoms with van der Waals surface area (Å²) >= 11 is 1.20. The Labute approximate surface area is 114 Å². The maximum absolute atomic E-state index is 12.2. The molecule has 0 amide bonds. The molecular formula is C11H11N3O3S2. The molecule has 1 N–H and O–H groups in total. The van der Waals surface area contributed by atoms with Crippen LogP contribution in [0.4, 0.5) is 5.13 Å². The van der Waals surface area contributed by atoms with Crippen LogP contribution in [0.15, 0.2) is 23.1 Å². The van der Waals surface area contributed by atoms with Gasteiger partial charge in [-0.2, -0.15) is 0 Å². The molecule has 0 bridgehead atoms. The number of nitrogens with one attached hydrogen (secondary N) is 1. The minimum atomic E-state index is -3.62. The number of anilines is 1. The molecule has 0 atom stereocenters. The summed E-state index contributed by atoms with van der Waals surface area (Å²) in [5, 5.41) is 8.51. The molecule has 8 heteroatoms. The Morgan fingerprint density at radius 3 is 2.95 bits per heavy atom. The number of aryl methyl sites for hydroxylation is 1. The average Bonchev–Trinajstić information content (AvgIpc) is 2.96. The minimum Gasteiger partial charge on any atom is -0.493 e. The Hall–Kier alpha value is -1.67. The first kappa shape index (κ1) is 12.4. The largest absolute Gasteiger partial charge is 0.493 e. The Balaban J connectivity index is 1.92. The lowest BCUT2D eigenvalue weighted by Crippen LogP contribution is -2.13. The van der Waals surface area contributed by atoms with Crippen LogP contribution in [0.25, 0.3) is 0 Å². The van der Waals surface area contributed by atoms with Gasteiger partial charge < -0.3 is 4.74 Å². The van der Waals surface area contributed by atoms with Crippen LogP contribution in [-0.4, -0.2) is 25.2 Å². The molecule has 19 heavy (non-hydrogen) atoms. The van der Waals surface area contributed by atoms with E-state index in [9.17, 15) is 8.42 Å². The fourth-order valence-electron chi connectivity index (χ4n) is 1.84. The van der Waals surface area contributed by atoms with Gasteiger partial charge in [-0.05, 0) is 30.7 Å². The standard InChI is InChI=1S/C11H11N3O3S2/c1-7-12-13-11(18-7)14-19(15,16)9-2-3-10-8(6-9)4-5-17-10/h2-3,6H,4-5H2,1H3,(H,13,14). The predicted octanol–water partition coefficient (Wildman–Crippen LogP) is 1.58. The number of rotatable bonds is 3. The molecule has 0 fully saturated rings. The lowest BCUT2D eigenvalue weighted by molar-refractivity contribution is 0.356. The number of nitrogens with zero attached hydrogens (tertiary/aromatic N) is 2. The maximum Gasteiger partial charge on any atom is 0.263 e. The second-order valence-corrected chi connectivity index (χ2v) is 6.96. The first-order chi connectivity index (χ1) is 9.04. The van der Waals surface area contributed by atoms with Gasteiger partial charge >= 0.3 is 0 Å². The van der Waals surface area contributed by atoms with E-state index in [1.807, 2.05) is 0 Å². The Morgan fingerprint density at radius 1 is 1.37 bits per heavy atom. The summed E-state index contributed by atoms with van der Waals surface area (Å²) < 4.78 is 32.2. The highest BCUT2D eigenvalue weighted by Crippen LogP contribution is 2.28. The minimum absolute atomic E-state index is 0.213. The van der Waals surface area contributed by atoms with Gasteiger partial charge in [0, 0.05) is 6.42 Å². The van der Waals surface area contributed by atoms with Gasteiger partial charge in [0.25, 0.3) is 10.0 Å². The van der Waals surface area contributed by atoms with E-state index in [1.54, 1.807) is 19.1 Å². The van der Waals surface area contributed by atoms with Crippen LogP contribution in [0.3, 0.4) is 0 Å². The summed E-state index contributed by atoms with van der Waals surface area (Å²) in [6, 6.07) is 4.85. The highest BCUT2D eigenvalue weighted by molar-refractivity contribution is 7.93. The normalized spacial score (nSPS) is 13.9. The zero-order valence-corrected chi connectivity index (χ0v) is 11.7. The molecule has 1 aromatic carbocycles. The smallest absolute Gasteiger partial charge is 0.263 e. The third-order valence-corrected chi connectivity index (χ3v) is 4.94. The zero-order valence-electron chi connectivity index (χ0n) is 10.1. The SMILES string of the molecule is Cc1nnc(NS(=O)(=O)c2ccc3c(c2)CCO3)s1. The topological polar surface area (TPSA) is 81.2 Å². The lowest BCUT2D eigenvalue weighted by Gasteiger charge is -2.06. The molecule has 2 aromatic rings. The van der Waals surface area contributed by atoms with Crippen molar-refractivity contribution < 1.29 is 13.2 Å². The van der Waals surface area contributed by atoms with Crippen molar-refractivity contribution in [2.24, 2.45) is 0 Å². The van der Waals surface area contributed by atoms with Gasteiger partial charge in [-0.3, -0.25) is 4.72 Å². The highest BCUT2D eigenvalue weighted by Gasteiger charge is 2.20. The number of ether oxygens (including phenoxy) is 1. The summed E-state index contributed by atoms with van der Waals surface area (Å²) in [7, 11) is -3.62. The number of hydrogen-bond acceptors (Lipinski definition) is 6. The second kappa shape index (κ2) is 4.46. The summed E-state index contributed by atoms with van der Waals surface area (Å²) in [5.74, 6) is 0.755. The molecule has 0 radical (unpaired) electrons. The van der Waals surface area contributed by atoms with Crippen molar-refractivity contribution in [2.75, 3.05) is 11.3 Å². The zero-order chi connectivity index (χ0) is 13.5. The van der Waals surface area contributed by atoms with Crippen LogP contribution in [-0.2, 0) is 16.4 Å². The van der Waals surface area contributed by atoms with Gasteiger partial charge in [0.2, 0.25) is 5.13 Å². The van der Waals surface area contributed by atoms with E-state index in [-0.39, 0.29) is 10.0 Å². The molecule has 2 heterocycles. The third-order valence-electron chi connectivity index (χ3n) is 2.72. The fraction of sp³-hybridized carbons (Fsp3) is 0.273. The molecule has 1 aromatic heterocycles. The second-order valence-electron chi connectivity index (χ2n) is 4.10. The summed E-state index contributed by atoms with van der Waals surface area (Å²) in [6.45, 7) is 2.37. The van der Waals surface area contributed by atoms with Crippen molar-refractivity contribution in [3.05, 3.63) is 28.8 Å². The predicted molar refractivity (Wildman–Crippen MR) is 71.1 cm³/mol. The monoisotopic (exact) mass is 297 g/mol. The van der Waals surface area contributed by atoms with Gasteiger partial charge in [0.05, 0.1) is 11.5 Å². The molecule has 0 aliphatic carbocycles. The van der Waals surface area contributed by atoms with Crippen molar-refractivity contribution >= 4 is 26.5 Å². The molecule has 0 spiro atoms. The van der Waals surface area contributed by atoms with E-state index in [1.165, 1.54) is 17.4 Å². The van der Waals surface area contributed by atoms with Crippen molar-refractivity contribution in [3.8, 4) is 5.75 Å². The first-order valence-electron chi connectivity index (χ1n) is 5.63. The van der Waals surface area contributed by atoms with E-state index < -0.39 is 10.0 Å². The van der Waals surface area contributed by atoms with E-state index >= 15 is 0 Å². The number of sulfonamides is 1. The average molecular weight is 297 g/mol. The number of fused-ring (bicyclic) bond motifs is 1.